The molecule has 1 aliphatic rings. The zero-order valence-corrected chi connectivity index (χ0v) is 15.9. The Bertz CT molecular complexity index is 761. The largest absolute Gasteiger partial charge is 0.496 e. The maximum absolute atomic E-state index is 11.3. The molecule has 2 aromatic rings. The molecule has 0 bridgehead atoms. The van der Waals surface area contributed by atoms with Gasteiger partial charge in [0.05, 0.1) is 13.2 Å². The predicted molar refractivity (Wildman–Crippen MR) is 103 cm³/mol. The summed E-state index contributed by atoms with van der Waals surface area (Å²) in [4.78, 5) is 2.15. The summed E-state index contributed by atoms with van der Waals surface area (Å²) in [5.74, 6) is 0.714. The lowest BCUT2D eigenvalue weighted by atomic mass is 9.85. The molecule has 0 radical (unpaired) electrons. The predicted octanol–water partition coefficient (Wildman–Crippen LogP) is 3.33. The van der Waals surface area contributed by atoms with Gasteiger partial charge in [-0.15, -0.1) is 0 Å². The van der Waals surface area contributed by atoms with Gasteiger partial charge in [0.25, 0.3) is 0 Å². The molecule has 3 rings (SSSR count). The molecule has 1 aliphatic heterocycles. The molecule has 140 valence electrons. The molecular weight excluding hydrogens is 326 g/mol. The number of para-hydroxylation sites is 1. The second-order valence-electron chi connectivity index (χ2n) is 7.43. The number of hydrogen-bond acceptors (Lipinski definition) is 4. The summed E-state index contributed by atoms with van der Waals surface area (Å²) in [7, 11) is 1.63. The average Bonchev–Trinajstić information content (AvgIpc) is 2.64. The Balaban J connectivity index is 1.74. The highest BCUT2D eigenvalue weighted by Gasteiger charge is 2.37. The van der Waals surface area contributed by atoms with E-state index in [1.54, 1.807) is 7.11 Å². The Morgan fingerprint density at radius 1 is 1.15 bits per heavy atom. The van der Waals surface area contributed by atoms with Crippen LogP contribution in [0.3, 0.4) is 0 Å². The first-order chi connectivity index (χ1) is 12.4. The minimum Gasteiger partial charge on any atom is -0.496 e. The lowest BCUT2D eigenvalue weighted by Gasteiger charge is -2.40. The number of piperidine rings is 1. The fourth-order valence-corrected chi connectivity index (χ4v) is 3.85. The topological polar surface area (TPSA) is 52.9 Å². The molecule has 2 N–H and O–H groups in total. The van der Waals surface area contributed by atoms with Crippen molar-refractivity contribution in [3.63, 3.8) is 0 Å². The van der Waals surface area contributed by atoms with E-state index < -0.39 is 11.7 Å². The molecule has 1 saturated heterocycles. The lowest BCUT2D eigenvalue weighted by Crippen LogP contribution is -2.47. The van der Waals surface area contributed by atoms with Crippen LogP contribution in [0.1, 0.15) is 41.2 Å². The van der Waals surface area contributed by atoms with E-state index in [0.717, 1.165) is 24.1 Å². The van der Waals surface area contributed by atoms with Crippen LogP contribution in [0.15, 0.2) is 42.5 Å². The van der Waals surface area contributed by atoms with E-state index in [1.807, 2.05) is 30.3 Å². The summed E-state index contributed by atoms with van der Waals surface area (Å²) < 4.78 is 5.45. The number of methoxy groups -OCH3 is 1. The standard InChI is InChI=1S/C22H29NO3/c1-16-9-10-18(13-17(16)2)20(24)14-23-12-6-11-22(25,15-23)19-7-4-5-8-21(19)26-3/h4-5,7-10,13,20,24-25H,6,11-12,14-15H2,1-3H3/t20-,22+/m0/s1. The van der Waals surface area contributed by atoms with Crippen molar-refractivity contribution < 1.29 is 14.9 Å². The maximum atomic E-state index is 11.3. The van der Waals surface area contributed by atoms with Crippen LogP contribution in [0.5, 0.6) is 5.75 Å². The van der Waals surface area contributed by atoms with E-state index in [2.05, 4.69) is 30.9 Å². The van der Waals surface area contributed by atoms with Crippen molar-refractivity contribution in [3.8, 4) is 5.75 Å². The number of aliphatic hydroxyl groups excluding tert-OH is 1. The molecule has 4 heteroatoms. The van der Waals surface area contributed by atoms with Gasteiger partial charge in [0, 0.05) is 18.7 Å². The fraction of sp³-hybridized carbons (Fsp3) is 0.455. The quantitative estimate of drug-likeness (QED) is 0.864. The van der Waals surface area contributed by atoms with Crippen LogP contribution in [0.2, 0.25) is 0 Å². The van der Waals surface area contributed by atoms with E-state index in [1.165, 1.54) is 11.1 Å². The molecule has 2 atom stereocenters. The third kappa shape index (κ3) is 3.93. The van der Waals surface area contributed by atoms with Crippen molar-refractivity contribution in [2.24, 2.45) is 0 Å². The van der Waals surface area contributed by atoms with Crippen molar-refractivity contribution in [2.45, 2.75) is 38.4 Å². The van der Waals surface area contributed by atoms with Gasteiger partial charge in [-0.25, -0.2) is 0 Å². The number of aryl methyl sites for hydroxylation is 2. The average molecular weight is 355 g/mol. The van der Waals surface area contributed by atoms with E-state index >= 15 is 0 Å². The maximum Gasteiger partial charge on any atom is 0.124 e. The van der Waals surface area contributed by atoms with Gasteiger partial charge in [-0.1, -0.05) is 36.4 Å². The fourth-order valence-electron chi connectivity index (χ4n) is 3.85. The number of likely N-dealkylation sites (tertiary alicyclic amines) is 1. The van der Waals surface area contributed by atoms with Gasteiger partial charge in [0.15, 0.2) is 0 Å². The van der Waals surface area contributed by atoms with Gasteiger partial charge in [0.1, 0.15) is 11.4 Å². The molecule has 26 heavy (non-hydrogen) atoms. The van der Waals surface area contributed by atoms with Crippen LogP contribution < -0.4 is 4.74 Å². The summed E-state index contributed by atoms with van der Waals surface area (Å²) in [6.07, 6.45) is 1.02. The van der Waals surface area contributed by atoms with Crippen LogP contribution in [0.25, 0.3) is 0 Å². The number of hydrogen-bond donors (Lipinski definition) is 2. The zero-order valence-electron chi connectivity index (χ0n) is 15.9. The summed E-state index contributed by atoms with van der Waals surface area (Å²) >= 11 is 0. The second-order valence-corrected chi connectivity index (χ2v) is 7.43. The molecule has 4 nitrogen and oxygen atoms in total. The first kappa shape index (κ1) is 18.9. The smallest absolute Gasteiger partial charge is 0.124 e. The van der Waals surface area contributed by atoms with E-state index in [-0.39, 0.29) is 0 Å². The highest BCUT2D eigenvalue weighted by Crippen LogP contribution is 2.37. The Morgan fingerprint density at radius 2 is 1.92 bits per heavy atom. The molecule has 0 aliphatic carbocycles. The SMILES string of the molecule is COc1ccccc1[C@@]1(O)CCCN(C[C@H](O)c2ccc(C)c(C)c2)C1. The van der Waals surface area contributed by atoms with E-state index in [0.29, 0.717) is 25.3 Å². The van der Waals surface area contributed by atoms with Crippen LogP contribution in [-0.4, -0.2) is 41.9 Å². The number of rotatable bonds is 5. The Kier molecular flexibility index (Phi) is 5.66. The van der Waals surface area contributed by atoms with Crippen molar-refractivity contribution >= 4 is 0 Å². The third-order valence-electron chi connectivity index (χ3n) is 5.51. The molecular formula is C22H29NO3. The number of β-amino-alcohol motifs (C(OH)–C–C–N with tert-alkyl or cyclic N) is 2. The zero-order chi connectivity index (χ0) is 18.7. The molecule has 0 unspecified atom stereocenters. The highest BCUT2D eigenvalue weighted by atomic mass is 16.5. The highest BCUT2D eigenvalue weighted by molar-refractivity contribution is 5.38. The van der Waals surface area contributed by atoms with Gasteiger partial charge in [-0.2, -0.15) is 0 Å². The lowest BCUT2D eigenvalue weighted by molar-refractivity contribution is -0.0474. The summed E-state index contributed by atoms with van der Waals surface area (Å²) in [5.41, 5.74) is 3.22. The number of benzene rings is 2. The Hall–Kier alpha value is -1.88. The van der Waals surface area contributed by atoms with Gasteiger partial charge < -0.3 is 14.9 Å². The molecule has 0 aromatic heterocycles. The molecule has 0 amide bonds. The van der Waals surface area contributed by atoms with Gasteiger partial charge in [0.2, 0.25) is 0 Å². The molecule has 1 heterocycles. The van der Waals surface area contributed by atoms with Crippen LogP contribution in [0.4, 0.5) is 0 Å². The first-order valence-corrected chi connectivity index (χ1v) is 9.26. The molecule has 0 spiro atoms. The van der Waals surface area contributed by atoms with Gasteiger partial charge >= 0.3 is 0 Å². The van der Waals surface area contributed by atoms with Crippen molar-refractivity contribution in [1.29, 1.82) is 0 Å². The first-order valence-electron chi connectivity index (χ1n) is 9.26. The third-order valence-corrected chi connectivity index (χ3v) is 5.51. The number of nitrogens with zero attached hydrogens (tertiary/aromatic N) is 1. The number of aliphatic hydroxyl groups is 2. The summed E-state index contributed by atoms with van der Waals surface area (Å²) in [6.45, 7) is 6.02. The van der Waals surface area contributed by atoms with E-state index in [4.69, 9.17) is 4.74 Å². The molecule has 1 fully saturated rings. The Morgan fingerprint density at radius 3 is 2.65 bits per heavy atom. The van der Waals surface area contributed by atoms with Gasteiger partial charge in [-0.3, -0.25) is 4.90 Å². The second kappa shape index (κ2) is 7.78. The van der Waals surface area contributed by atoms with Crippen LogP contribution >= 0.6 is 0 Å². The summed E-state index contributed by atoms with van der Waals surface area (Å²) in [6, 6.07) is 13.8. The monoisotopic (exact) mass is 355 g/mol. The van der Waals surface area contributed by atoms with Crippen LogP contribution in [-0.2, 0) is 5.60 Å². The van der Waals surface area contributed by atoms with Crippen molar-refractivity contribution in [2.75, 3.05) is 26.7 Å². The molecule has 0 saturated carbocycles. The van der Waals surface area contributed by atoms with Gasteiger partial charge in [-0.05, 0) is 56.0 Å². The summed E-state index contributed by atoms with van der Waals surface area (Å²) in [5, 5.41) is 22.0. The number of ether oxygens (including phenoxy) is 1. The molecule has 2 aromatic carbocycles. The van der Waals surface area contributed by atoms with E-state index in [9.17, 15) is 10.2 Å². The van der Waals surface area contributed by atoms with Crippen molar-refractivity contribution in [3.05, 3.63) is 64.7 Å². The Labute approximate surface area is 156 Å². The van der Waals surface area contributed by atoms with Crippen LogP contribution in [0, 0.1) is 13.8 Å². The minimum absolute atomic E-state index is 0.495. The normalized spacial score (nSPS) is 22.2. The minimum atomic E-state index is -0.951. The van der Waals surface area contributed by atoms with Crippen molar-refractivity contribution in [1.82, 2.24) is 4.90 Å².